The fraction of sp³-hybridized carbons (Fsp3) is 0.583. The lowest BCUT2D eigenvalue weighted by Crippen LogP contribution is -2.33. The summed E-state index contributed by atoms with van der Waals surface area (Å²) < 4.78 is 54.5. The Balaban J connectivity index is 0.000000297. The van der Waals surface area contributed by atoms with Crippen molar-refractivity contribution in [2.24, 2.45) is 0 Å². The average molecular weight is 753 g/mol. The first-order valence-corrected chi connectivity index (χ1v) is 20.8. The van der Waals surface area contributed by atoms with Crippen LogP contribution in [0.3, 0.4) is 0 Å². The number of alkyl carbamates (subject to hydrolysis) is 2. The van der Waals surface area contributed by atoms with E-state index in [1.54, 1.807) is 0 Å². The molecule has 2 saturated heterocycles. The van der Waals surface area contributed by atoms with Gasteiger partial charge in [-0.3, -0.25) is 4.79 Å². The second kappa shape index (κ2) is 19.7. The number of benzene rings is 2. The van der Waals surface area contributed by atoms with Gasteiger partial charge in [-0.05, 0) is 103 Å². The third-order valence-electron chi connectivity index (χ3n) is 7.41. The first kappa shape index (κ1) is 43.3. The van der Waals surface area contributed by atoms with Crippen LogP contribution in [0.2, 0.25) is 0 Å². The molecule has 0 unspecified atom stereocenters. The van der Waals surface area contributed by atoms with Crippen LogP contribution in [0, 0.1) is 0 Å². The van der Waals surface area contributed by atoms with Gasteiger partial charge in [0.15, 0.2) is 9.84 Å². The van der Waals surface area contributed by atoms with Crippen molar-refractivity contribution in [1.82, 2.24) is 10.6 Å². The smallest absolute Gasteiger partial charge is 0.407 e. The molecule has 0 aromatic heterocycles. The fourth-order valence-corrected chi connectivity index (χ4v) is 7.51. The van der Waals surface area contributed by atoms with Crippen molar-refractivity contribution in [3.05, 3.63) is 59.7 Å². The number of amides is 2. The second-order valence-corrected chi connectivity index (χ2v) is 19.2. The van der Waals surface area contributed by atoms with E-state index in [0.29, 0.717) is 25.9 Å². The maximum absolute atomic E-state index is 11.6. The summed E-state index contributed by atoms with van der Waals surface area (Å²) in [5.41, 5.74) is 8.63. The highest BCUT2D eigenvalue weighted by atomic mass is 32.2. The lowest BCUT2D eigenvalue weighted by atomic mass is 10.1. The van der Waals surface area contributed by atoms with E-state index in [9.17, 15) is 31.2 Å². The first-order valence-electron chi connectivity index (χ1n) is 17.2. The third-order valence-corrected chi connectivity index (χ3v) is 10.8. The van der Waals surface area contributed by atoms with Gasteiger partial charge in [0.2, 0.25) is 0 Å². The Bertz CT molecular complexity index is 1600. The molecular formula is C36H56N4O9S2. The van der Waals surface area contributed by atoms with Crippen LogP contribution < -0.4 is 21.7 Å². The van der Waals surface area contributed by atoms with Crippen LogP contribution in [0.4, 0.5) is 21.0 Å². The van der Waals surface area contributed by atoms with Crippen LogP contribution in [0.5, 0.6) is 0 Å². The molecule has 2 amide bonds. The molecule has 0 spiro atoms. The maximum atomic E-state index is 11.6. The van der Waals surface area contributed by atoms with Crippen LogP contribution in [0.25, 0.3) is 0 Å². The van der Waals surface area contributed by atoms with Gasteiger partial charge in [0.25, 0.3) is 0 Å². The first-order chi connectivity index (χ1) is 23.6. The van der Waals surface area contributed by atoms with Crippen molar-refractivity contribution in [2.45, 2.75) is 97.3 Å². The summed E-state index contributed by atoms with van der Waals surface area (Å²) in [5, 5.41) is 8.84. The zero-order valence-corrected chi connectivity index (χ0v) is 32.4. The largest absolute Gasteiger partial charge is 0.444 e. The van der Waals surface area contributed by atoms with Gasteiger partial charge in [0, 0.05) is 43.3 Å². The molecule has 2 aliphatic heterocycles. The minimum Gasteiger partial charge on any atom is -0.444 e. The molecule has 0 aliphatic carbocycles. The van der Waals surface area contributed by atoms with Crippen molar-refractivity contribution in [1.29, 1.82) is 0 Å². The van der Waals surface area contributed by atoms with E-state index in [1.165, 1.54) is 0 Å². The summed E-state index contributed by atoms with van der Waals surface area (Å²) >= 11 is 0. The summed E-state index contributed by atoms with van der Waals surface area (Å²) in [5.74, 6) is 0.723. The van der Waals surface area contributed by atoms with Gasteiger partial charge in [0.05, 0.1) is 23.0 Å². The lowest BCUT2D eigenvalue weighted by molar-refractivity contribution is -0.118. The van der Waals surface area contributed by atoms with Crippen LogP contribution in [-0.2, 0) is 46.8 Å². The standard InChI is InChI=1S/C18H28N2O4S.C13H20N2O2.C5H8O3S/c1-18(2,3)24-17(21)19-11-8-14-4-6-15(7-5-14)20-16-9-12-25(22,23)13-10-16;1-13(2,3)17-12(16)15-9-8-10-4-6-11(14)7-5-10;6-5-1-3-9(7,8)4-2-5/h4-7,16,20H,8-13H2,1-3H3,(H,19,21);4-7H,8-9,14H2,1-3H3,(H,15,16);1-4H2. The molecule has 2 aliphatic rings. The highest BCUT2D eigenvalue weighted by Gasteiger charge is 2.23. The van der Waals surface area contributed by atoms with E-state index in [-0.39, 0.29) is 53.8 Å². The predicted molar refractivity (Wildman–Crippen MR) is 201 cm³/mol. The number of sulfone groups is 2. The number of rotatable bonds is 8. The van der Waals surface area contributed by atoms with Gasteiger partial charge in [-0.25, -0.2) is 26.4 Å². The van der Waals surface area contributed by atoms with Crippen LogP contribution in [-0.4, -0.2) is 88.2 Å². The fourth-order valence-electron chi connectivity index (χ4n) is 4.73. The number of anilines is 2. The summed E-state index contributed by atoms with van der Waals surface area (Å²) in [6.07, 6.45) is 2.46. The molecule has 2 aromatic carbocycles. The molecule has 2 heterocycles. The summed E-state index contributed by atoms with van der Waals surface area (Å²) in [4.78, 5) is 33.4. The maximum Gasteiger partial charge on any atom is 0.407 e. The van der Waals surface area contributed by atoms with Crippen LogP contribution in [0.15, 0.2) is 48.5 Å². The molecule has 2 aromatic rings. The number of carbonyl (C=O) groups excluding carboxylic acids is 3. The van der Waals surface area contributed by atoms with Crippen LogP contribution >= 0.6 is 0 Å². The van der Waals surface area contributed by atoms with Gasteiger partial charge in [-0.1, -0.05) is 24.3 Å². The molecule has 15 heteroatoms. The van der Waals surface area contributed by atoms with Crippen molar-refractivity contribution in [2.75, 3.05) is 47.2 Å². The summed E-state index contributed by atoms with van der Waals surface area (Å²) in [6.45, 7) is 12.1. The monoisotopic (exact) mass is 752 g/mol. The minimum atomic E-state index is -2.84. The number of ketones is 1. The Morgan fingerprint density at radius 3 is 1.47 bits per heavy atom. The number of hydrogen-bond donors (Lipinski definition) is 4. The van der Waals surface area contributed by atoms with E-state index >= 15 is 0 Å². The SMILES string of the molecule is CC(C)(C)OC(=O)NCCc1ccc(N)cc1.CC(C)(C)OC(=O)NCCc1ccc(NC2CCS(=O)(=O)CC2)cc1.O=C1CCS(=O)(=O)CC1. The zero-order valence-electron chi connectivity index (χ0n) is 30.7. The number of nitrogens with one attached hydrogen (secondary N) is 3. The zero-order chi connectivity index (χ0) is 38.3. The number of ether oxygens (including phenoxy) is 2. The van der Waals surface area contributed by atoms with Gasteiger partial charge in [0.1, 0.15) is 26.8 Å². The van der Waals surface area contributed by atoms with E-state index in [0.717, 1.165) is 35.3 Å². The molecule has 5 N–H and O–H groups in total. The Labute approximate surface area is 303 Å². The van der Waals surface area contributed by atoms with Gasteiger partial charge >= 0.3 is 12.2 Å². The van der Waals surface area contributed by atoms with Gasteiger partial charge in [-0.15, -0.1) is 0 Å². The summed E-state index contributed by atoms with van der Waals surface area (Å²) in [6, 6.07) is 15.8. The molecule has 286 valence electrons. The Hall–Kier alpha value is -3.85. The molecule has 13 nitrogen and oxygen atoms in total. The highest BCUT2D eigenvalue weighted by Crippen LogP contribution is 2.19. The predicted octanol–water partition coefficient (Wildman–Crippen LogP) is 4.84. The molecule has 51 heavy (non-hydrogen) atoms. The third kappa shape index (κ3) is 20.6. The average Bonchev–Trinajstić information content (AvgIpc) is 3.00. The highest BCUT2D eigenvalue weighted by molar-refractivity contribution is 7.91. The van der Waals surface area contributed by atoms with Crippen molar-refractivity contribution in [3.8, 4) is 0 Å². The van der Waals surface area contributed by atoms with E-state index in [4.69, 9.17) is 15.2 Å². The molecule has 0 radical (unpaired) electrons. The molecule has 2 fully saturated rings. The minimum absolute atomic E-state index is 0.0613. The second-order valence-electron chi connectivity index (χ2n) is 14.6. The molecular weight excluding hydrogens is 697 g/mol. The lowest BCUT2D eigenvalue weighted by Gasteiger charge is -2.24. The van der Waals surface area contributed by atoms with E-state index in [2.05, 4.69) is 16.0 Å². The van der Waals surface area contributed by atoms with E-state index in [1.807, 2.05) is 90.1 Å². The number of hydrogen-bond acceptors (Lipinski definition) is 11. The molecule has 4 rings (SSSR count). The topological polar surface area (TPSA) is 200 Å². The Kier molecular flexibility index (Phi) is 16.7. The normalized spacial score (nSPS) is 16.9. The Morgan fingerprint density at radius 1 is 0.686 bits per heavy atom. The molecule has 0 atom stereocenters. The quantitative estimate of drug-likeness (QED) is 0.269. The molecule has 0 bridgehead atoms. The number of nitrogens with two attached hydrogens (primary N) is 1. The van der Waals surface area contributed by atoms with Crippen molar-refractivity contribution >= 4 is 49.0 Å². The number of carbonyl (C=O) groups is 3. The number of Topliss-reactive ketones (excluding diaryl/α,β-unsaturated/α-hetero) is 1. The van der Waals surface area contributed by atoms with E-state index < -0.39 is 37.0 Å². The van der Waals surface area contributed by atoms with Crippen LogP contribution in [0.1, 0.15) is 78.4 Å². The molecule has 0 saturated carbocycles. The summed E-state index contributed by atoms with van der Waals surface area (Å²) in [7, 11) is -5.66. The number of nitrogen functional groups attached to an aromatic ring is 1. The Morgan fingerprint density at radius 2 is 1.08 bits per heavy atom. The van der Waals surface area contributed by atoms with Gasteiger partial charge in [-0.2, -0.15) is 0 Å². The van der Waals surface area contributed by atoms with Crippen molar-refractivity contribution in [3.63, 3.8) is 0 Å². The van der Waals surface area contributed by atoms with Gasteiger partial charge < -0.3 is 31.2 Å². The van der Waals surface area contributed by atoms with Crippen molar-refractivity contribution < 1.29 is 40.7 Å².